The largest absolute Gasteiger partial charge is 0.459 e. The lowest BCUT2D eigenvalue weighted by Gasteiger charge is -2.10. The number of rotatable bonds is 5. The molecule has 28 heavy (non-hydrogen) atoms. The van der Waals surface area contributed by atoms with E-state index in [1.54, 1.807) is 7.05 Å². The van der Waals surface area contributed by atoms with Crippen LogP contribution in [-0.4, -0.2) is 28.9 Å². The Labute approximate surface area is 164 Å². The molecule has 0 aliphatic carbocycles. The number of hydrogen-bond acceptors (Lipinski definition) is 3. The van der Waals surface area contributed by atoms with Crippen molar-refractivity contribution in [3.05, 3.63) is 71.4 Å². The van der Waals surface area contributed by atoms with E-state index < -0.39 is 0 Å². The van der Waals surface area contributed by atoms with Crippen molar-refractivity contribution >= 4 is 22.6 Å². The number of hydrogen-bond donors (Lipinski definition) is 2. The fraction of sp³-hybridized carbons (Fsp3) is 0.273. The van der Waals surface area contributed by atoms with Crippen LogP contribution in [0.15, 0.2) is 58.2 Å². The van der Waals surface area contributed by atoms with E-state index in [1.165, 1.54) is 11.1 Å². The number of guanidine groups is 1. The van der Waals surface area contributed by atoms with E-state index in [0.29, 0.717) is 6.54 Å². The van der Waals surface area contributed by atoms with E-state index in [1.807, 2.05) is 30.5 Å². The molecule has 3 aromatic heterocycles. The molecule has 0 saturated carbocycles. The summed E-state index contributed by atoms with van der Waals surface area (Å²) in [6, 6.07) is 12.2. The number of aryl methyl sites for hydroxylation is 2. The lowest BCUT2D eigenvalue weighted by molar-refractivity contribution is 0.534. The first-order chi connectivity index (χ1) is 13.7. The Bertz CT molecular complexity index is 1140. The molecule has 0 bridgehead atoms. The summed E-state index contributed by atoms with van der Waals surface area (Å²) < 4.78 is 8.03. The van der Waals surface area contributed by atoms with Gasteiger partial charge < -0.3 is 19.5 Å². The maximum atomic E-state index is 5.95. The number of fused-ring (bicyclic) bond motifs is 2. The van der Waals surface area contributed by atoms with Crippen LogP contribution in [0.3, 0.4) is 0 Å². The fourth-order valence-electron chi connectivity index (χ4n) is 3.41. The highest BCUT2D eigenvalue weighted by atomic mass is 16.3. The highest BCUT2D eigenvalue weighted by molar-refractivity contribution is 5.82. The maximum absolute atomic E-state index is 5.95. The highest BCUT2D eigenvalue weighted by Gasteiger charge is 2.10. The van der Waals surface area contributed by atoms with Crippen molar-refractivity contribution in [3.8, 4) is 0 Å². The van der Waals surface area contributed by atoms with Gasteiger partial charge in [0.25, 0.3) is 0 Å². The summed E-state index contributed by atoms with van der Waals surface area (Å²) in [5.41, 5.74) is 5.34. The number of aliphatic imine (C=N–C) groups is 1. The van der Waals surface area contributed by atoms with Crippen LogP contribution in [0.4, 0.5) is 0 Å². The maximum Gasteiger partial charge on any atom is 0.191 e. The molecular formula is C22H25N5O. The molecule has 0 fully saturated rings. The number of benzene rings is 1. The SMILES string of the molecule is CN=C(NCCc1cn2cccc(C)c2n1)NCc1oc2ccccc2c1C. The zero-order chi connectivity index (χ0) is 19.5. The van der Waals surface area contributed by atoms with Crippen LogP contribution in [0.25, 0.3) is 16.6 Å². The second kappa shape index (κ2) is 7.76. The van der Waals surface area contributed by atoms with E-state index in [4.69, 9.17) is 9.40 Å². The van der Waals surface area contributed by atoms with E-state index in [-0.39, 0.29) is 0 Å². The fourth-order valence-corrected chi connectivity index (χ4v) is 3.41. The van der Waals surface area contributed by atoms with Gasteiger partial charge in [-0.25, -0.2) is 4.98 Å². The Hall–Kier alpha value is -3.28. The van der Waals surface area contributed by atoms with Crippen molar-refractivity contribution in [1.29, 1.82) is 0 Å². The third kappa shape index (κ3) is 3.58. The predicted molar refractivity (Wildman–Crippen MR) is 113 cm³/mol. The van der Waals surface area contributed by atoms with Gasteiger partial charge in [-0.15, -0.1) is 0 Å². The summed E-state index contributed by atoms with van der Waals surface area (Å²) in [7, 11) is 1.77. The molecule has 0 amide bonds. The minimum atomic E-state index is 0.591. The monoisotopic (exact) mass is 375 g/mol. The van der Waals surface area contributed by atoms with Crippen molar-refractivity contribution in [1.82, 2.24) is 20.0 Å². The average molecular weight is 375 g/mol. The minimum Gasteiger partial charge on any atom is -0.459 e. The second-order valence-electron chi connectivity index (χ2n) is 6.90. The average Bonchev–Trinajstić information content (AvgIpc) is 3.27. The van der Waals surface area contributed by atoms with E-state index in [9.17, 15) is 0 Å². The van der Waals surface area contributed by atoms with E-state index in [0.717, 1.165) is 47.0 Å². The normalized spacial score (nSPS) is 12.0. The van der Waals surface area contributed by atoms with Crippen LogP contribution in [0, 0.1) is 13.8 Å². The summed E-state index contributed by atoms with van der Waals surface area (Å²) in [4.78, 5) is 9.01. The Morgan fingerprint density at radius 3 is 2.79 bits per heavy atom. The second-order valence-corrected chi connectivity index (χ2v) is 6.90. The van der Waals surface area contributed by atoms with Crippen molar-refractivity contribution < 1.29 is 4.42 Å². The molecule has 6 nitrogen and oxygen atoms in total. The Morgan fingerprint density at radius 2 is 2.00 bits per heavy atom. The van der Waals surface area contributed by atoms with Gasteiger partial charge in [0.1, 0.15) is 17.0 Å². The van der Waals surface area contributed by atoms with Crippen LogP contribution in [0.5, 0.6) is 0 Å². The molecule has 0 atom stereocenters. The first-order valence-electron chi connectivity index (χ1n) is 9.50. The first kappa shape index (κ1) is 18.1. The molecule has 2 N–H and O–H groups in total. The molecule has 0 aliphatic heterocycles. The molecule has 1 aromatic carbocycles. The van der Waals surface area contributed by atoms with E-state index >= 15 is 0 Å². The predicted octanol–water partition coefficient (Wildman–Crippen LogP) is 3.61. The number of pyridine rings is 1. The van der Waals surface area contributed by atoms with Gasteiger partial charge in [-0.2, -0.15) is 0 Å². The third-order valence-electron chi connectivity index (χ3n) is 4.98. The van der Waals surface area contributed by atoms with Crippen molar-refractivity contribution in [2.24, 2.45) is 4.99 Å². The number of furan rings is 1. The van der Waals surface area contributed by atoms with Gasteiger partial charge >= 0.3 is 0 Å². The summed E-state index contributed by atoms with van der Waals surface area (Å²) in [6.45, 7) is 5.51. The molecule has 0 aliphatic rings. The van der Waals surface area contributed by atoms with Crippen molar-refractivity contribution in [2.45, 2.75) is 26.8 Å². The number of nitrogens with zero attached hydrogens (tertiary/aromatic N) is 3. The summed E-state index contributed by atoms with van der Waals surface area (Å²) in [6.07, 6.45) is 4.94. The first-order valence-corrected chi connectivity index (χ1v) is 9.50. The molecule has 0 spiro atoms. The van der Waals surface area contributed by atoms with Gasteiger partial charge in [0, 0.05) is 43.4 Å². The number of aromatic nitrogens is 2. The van der Waals surface area contributed by atoms with Gasteiger partial charge in [-0.05, 0) is 31.5 Å². The van der Waals surface area contributed by atoms with Crippen LogP contribution in [0.1, 0.15) is 22.6 Å². The summed E-state index contributed by atoms with van der Waals surface area (Å²) in [5, 5.41) is 7.83. The highest BCUT2D eigenvalue weighted by Crippen LogP contribution is 2.24. The molecule has 6 heteroatoms. The zero-order valence-corrected chi connectivity index (χ0v) is 16.5. The third-order valence-corrected chi connectivity index (χ3v) is 4.98. The molecule has 0 saturated heterocycles. The molecule has 4 rings (SSSR count). The number of nitrogens with one attached hydrogen (secondary N) is 2. The lowest BCUT2D eigenvalue weighted by Crippen LogP contribution is -2.37. The minimum absolute atomic E-state index is 0.591. The summed E-state index contributed by atoms with van der Waals surface area (Å²) in [5.74, 6) is 1.68. The van der Waals surface area contributed by atoms with E-state index in [2.05, 4.69) is 52.2 Å². The van der Waals surface area contributed by atoms with Crippen LogP contribution >= 0.6 is 0 Å². The number of para-hydroxylation sites is 1. The van der Waals surface area contributed by atoms with Gasteiger partial charge in [-0.3, -0.25) is 4.99 Å². The van der Waals surface area contributed by atoms with Crippen LogP contribution in [-0.2, 0) is 13.0 Å². The Balaban J connectivity index is 1.34. The van der Waals surface area contributed by atoms with Crippen molar-refractivity contribution in [3.63, 3.8) is 0 Å². The van der Waals surface area contributed by atoms with Crippen LogP contribution in [0.2, 0.25) is 0 Å². The van der Waals surface area contributed by atoms with Gasteiger partial charge in [0.05, 0.1) is 12.2 Å². The smallest absolute Gasteiger partial charge is 0.191 e. The molecule has 144 valence electrons. The molecule has 0 unspecified atom stereocenters. The van der Waals surface area contributed by atoms with Gasteiger partial charge in [0.15, 0.2) is 5.96 Å². The lowest BCUT2D eigenvalue weighted by atomic mass is 10.1. The Kier molecular flexibility index (Phi) is 5.02. The molecule has 0 radical (unpaired) electrons. The molecular weight excluding hydrogens is 350 g/mol. The van der Waals surface area contributed by atoms with Gasteiger partial charge in [-0.1, -0.05) is 24.3 Å². The molecule has 3 heterocycles. The standard InChI is InChI=1S/C22H25N5O/c1-15-7-6-12-27-14-17(26-21(15)27)10-11-24-22(23-3)25-13-20-16(2)18-8-4-5-9-19(18)28-20/h4-9,12,14H,10-11,13H2,1-3H3,(H2,23,24,25). The van der Waals surface area contributed by atoms with Crippen molar-refractivity contribution in [2.75, 3.05) is 13.6 Å². The van der Waals surface area contributed by atoms with Gasteiger partial charge in [0.2, 0.25) is 0 Å². The zero-order valence-electron chi connectivity index (χ0n) is 16.5. The summed E-state index contributed by atoms with van der Waals surface area (Å²) >= 11 is 0. The van der Waals surface area contributed by atoms with Crippen LogP contribution < -0.4 is 10.6 Å². The number of imidazole rings is 1. The topological polar surface area (TPSA) is 66.9 Å². The Morgan fingerprint density at radius 1 is 1.14 bits per heavy atom. The molecule has 4 aromatic rings. The quantitative estimate of drug-likeness (QED) is 0.413.